The summed E-state index contributed by atoms with van der Waals surface area (Å²) in [5.41, 5.74) is 6.40. The van der Waals surface area contributed by atoms with Gasteiger partial charge in [-0.3, -0.25) is 0 Å². The molecule has 2 aromatic heterocycles. The van der Waals surface area contributed by atoms with Crippen LogP contribution in [-0.4, -0.2) is 14.7 Å². The highest BCUT2D eigenvalue weighted by atomic mass is 16.5. The Hall–Kier alpha value is -1.62. The Bertz CT molecular complexity index is 458. The molecule has 0 aliphatic rings. The van der Waals surface area contributed by atoms with Crippen LogP contribution in [0.2, 0.25) is 0 Å². The number of rotatable bonds is 4. The van der Waals surface area contributed by atoms with Crippen LogP contribution in [0.5, 0.6) is 0 Å². The highest BCUT2D eigenvalue weighted by Gasteiger charge is 2.11. The molecule has 0 spiro atoms. The highest BCUT2D eigenvalue weighted by molar-refractivity contribution is 5.49. The molecule has 2 heterocycles. The fourth-order valence-electron chi connectivity index (χ4n) is 1.61. The molecule has 0 saturated heterocycles. The molecule has 0 bridgehead atoms. The Morgan fingerprint density at radius 1 is 1.50 bits per heavy atom. The van der Waals surface area contributed by atoms with Crippen molar-refractivity contribution in [2.24, 2.45) is 11.7 Å². The second kappa shape index (κ2) is 4.49. The smallest absolute Gasteiger partial charge is 0.240 e. The molecule has 0 aliphatic heterocycles. The summed E-state index contributed by atoms with van der Waals surface area (Å²) >= 11 is 0. The second-order valence-electron chi connectivity index (χ2n) is 4.16. The van der Waals surface area contributed by atoms with Gasteiger partial charge in [-0.1, -0.05) is 19.0 Å². The number of hydrogen-bond donors (Lipinski definition) is 1. The van der Waals surface area contributed by atoms with Crippen molar-refractivity contribution in [3.8, 4) is 11.5 Å². The molecule has 2 aromatic rings. The number of nitrogens with two attached hydrogens (primary N) is 1. The van der Waals surface area contributed by atoms with E-state index in [2.05, 4.69) is 28.6 Å². The zero-order valence-electron chi connectivity index (χ0n) is 9.55. The van der Waals surface area contributed by atoms with E-state index >= 15 is 0 Å². The third kappa shape index (κ3) is 2.14. The number of aromatic nitrogens is 3. The van der Waals surface area contributed by atoms with Crippen LogP contribution < -0.4 is 5.73 Å². The van der Waals surface area contributed by atoms with Crippen molar-refractivity contribution >= 4 is 0 Å². The lowest BCUT2D eigenvalue weighted by Crippen LogP contribution is -2.05. The van der Waals surface area contributed by atoms with Crippen molar-refractivity contribution < 1.29 is 4.52 Å². The average Bonchev–Trinajstić information content (AvgIpc) is 2.84. The molecule has 0 aliphatic carbocycles. The van der Waals surface area contributed by atoms with E-state index in [9.17, 15) is 0 Å². The summed E-state index contributed by atoms with van der Waals surface area (Å²) in [6.07, 6.45) is 2.02. The second-order valence-corrected chi connectivity index (χ2v) is 4.16. The van der Waals surface area contributed by atoms with Gasteiger partial charge in [0.05, 0.1) is 12.2 Å². The largest absolute Gasteiger partial charge is 0.345 e. The minimum atomic E-state index is 0.276. The number of hydrogen-bond acceptors (Lipinski definition) is 4. The Balaban J connectivity index is 2.29. The summed E-state index contributed by atoms with van der Waals surface area (Å²) in [5, 5.41) is 3.91. The summed E-state index contributed by atoms with van der Waals surface area (Å²) in [7, 11) is 0. The predicted octanol–water partition coefficient (Wildman–Crippen LogP) is 1.65. The lowest BCUT2D eigenvalue weighted by atomic mass is 10.2. The van der Waals surface area contributed by atoms with Crippen molar-refractivity contribution in [2.45, 2.75) is 26.9 Å². The van der Waals surface area contributed by atoms with Gasteiger partial charge in [-0.25, -0.2) is 0 Å². The first-order valence-corrected chi connectivity index (χ1v) is 5.39. The first-order valence-electron chi connectivity index (χ1n) is 5.39. The Kier molecular flexibility index (Phi) is 3.05. The molecule has 16 heavy (non-hydrogen) atoms. The zero-order valence-corrected chi connectivity index (χ0v) is 9.55. The molecule has 0 radical (unpaired) electrons. The summed E-state index contributed by atoms with van der Waals surface area (Å²) in [5.74, 6) is 1.64. The maximum Gasteiger partial charge on any atom is 0.240 e. The third-order valence-electron chi connectivity index (χ3n) is 2.26. The Morgan fingerprint density at radius 2 is 2.31 bits per heavy atom. The minimum absolute atomic E-state index is 0.276. The van der Waals surface area contributed by atoms with Gasteiger partial charge in [0, 0.05) is 12.7 Å². The molecule has 5 nitrogen and oxygen atoms in total. The Labute approximate surface area is 94.3 Å². The van der Waals surface area contributed by atoms with Gasteiger partial charge in [0.15, 0.2) is 0 Å². The average molecular weight is 220 g/mol. The van der Waals surface area contributed by atoms with Crippen LogP contribution in [0.3, 0.4) is 0 Å². The summed E-state index contributed by atoms with van der Waals surface area (Å²) < 4.78 is 7.12. The molecular weight excluding hydrogens is 204 g/mol. The van der Waals surface area contributed by atoms with Crippen LogP contribution in [0.25, 0.3) is 11.5 Å². The van der Waals surface area contributed by atoms with Crippen molar-refractivity contribution in [3.63, 3.8) is 0 Å². The van der Waals surface area contributed by atoms with E-state index in [4.69, 9.17) is 10.3 Å². The maximum atomic E-state index is 5.43. The van der Waals surface area contributed by atoms with E-state index in [1.165, 1.54) is 0 Å². The third-order valence-corrected chi connectivity index (χ3v) is 2.26. The van der Waals surface area contributed by atoms with Crippen molar-refractivity contribution in [2.75, 3.05) is 0 Å². The predicted molar refractivity (Wildman–Crippen MR) is 60.5 cm³/mol. The molecule has 86 valence electrons. The topological polar surface area (TPSA) is 69.9 Å². The molecule has 5 heteroatoms. The molecule has 0 unspecified atom stereocenters. The van der Waals surface area contributed by atoms with Crippen LogP contribution in [0.15, 0.2) is 22.9 Å². The fraction of sp³-hybridized carbons (Fsp3) is 0.455. The van der Waals surface area contributed by atoms with E-state index in [1.807, 2.05) is 18.3 Å². The molecule has 2 N–H and O–H groups in total. The van der Waals surface area contributed by atoms with Crippen molar-refractivity contribution in [3.05, 3.63) is 24.2 Å². The van der Waals surface area contributed by atoms with Gasteiger partial charge in [0.25, 0.3) is 0 Å². The van der Waals surface area contributed by atoms with E-state index in [1.54, 1.807) is 0 Å². The van der Waals surface area contributed by atoms with Gasteiger partial charge < -0.3 is 14.8 Å². The normalized spacial score (nSPS) is 11.2. The first kappa shape index (κ1) is 10.9. The van der Waals surface area contributed by atoms with Gasteiger partial charge in [0.1, 0.15) is 0 Å². The standard InChI is InChI=1S/C11H16N4O/c1-8(2)7-15-5-3-4-9(15)11-13-10(6-12)16-14-11/h3-5,8H,6-7,12H2,1-2H3. The molecular formula is C11H16N4O. The molecule has 0 atom stereocenters. The maximum absolute atomic E-state index is 5.43. The summed E-state index contributed by atoms with van der Waals surface area (Å²) in [6, 6.07) is 3.96. The van der Waals surface area contributed by atoms with Gasteiger partial charge in [-0.15, -0.1) is 0 Å². The zero-order chi connectivity index (χ0) is 11.5. The van der Waals surface area contributed by atoms with Crippen LogP contribution in [0, 0.1) is 5.92 Å². The van der Waals surface area contributed by atoms with Gasteiger partial charge in [0.2, 0.25) is 11.7 Å². The molecule has 0 saturated carbocycles. The van der Waals surface area contributed by atoms with E-state index in [0.29, 0.717) is 17.6 Å². The van der Waals surface area contributed by atoms with Crippen molar-refractivity contribution in [1.29, 1.82) is 0 Å². The van der Waals surface area contributed by atoms with Gasteiger partial charge in [-0.2, -0.15) is 4.98 Å². The van der Waals surface area contributed by atoms with Crippen molar-refractivity contribution in [1.82, 2.24) is 14.7 Å². The molecule has 0 fully saturated rings. The monoisotopic (exact) mass is 220 g/mol. The van der Waals surface area contributed by atoms with E-state index < -0.39 is 0 Å². The lowest BCUT2D eigenvalue weighted by molar-refractivity contribution is 0.380. The van der Waals surface area contributed by atoms with Crippen LogP contribution in [0.1, 0.15) is 19.7 Å². The van der Waals surface area contributed by atoms with Gasteiger partial charge in [-0.05, 0) is 18.1 Å². The van der Waals surface area contributed by atoms with Gasteiger partial charge >= 0.3 is 0 Å². The fourth-order valence-corrected chi connectivity index (χ4v) is 1.61. The molecule has 0 amide bonds. The molecule has 2 rings (SSSR count). The van der Waals surface area contributed by atoms with E-state index in [0.717, 1.165) is 12.2 Å². The Morgan fingerprint density at radius 3 is 2.94 bits per heavy atom. The quantitative estimate of drug-likeness (QED) is 0.850. The number of nitrogens with zero attached hydrogens (tertiary/aromatic N) is 3. The van der Waals surface area contributed by atoms with Crippen LogP contribution >= 0.6 is 0 Å². The molecule has 0 aromatic carbocycles. The van der Waals surface area contributed by atoms with E-state index in [-0.39, 0.29) is 6.54 Å². The minimum Gasteiger partial charge on any atom is -0.345 e. The summed E-state index contributed by atoms with van der Waals surface area (Å²) in [6.45, 7) is 5.56. The highest BCUT2D eigenvalue weighted by Crippen LogP contribution is 2.17. The van der Waals surface area contributed by atoms with Crippen LogP contribution in [-0.2, 0) is 13.1 Å². The first-order chi connectivity index (χ1) is 7.70. The summed E-state index contributed by atoms with van der Waals surface area (Å²) in [4.78, 5) is 4.22. The van der Waals surface area contributed by atoms with Crippen LogP contribution in [0.4, 0.5) is 0 Å². The lowest BCUT2D eigenvalue weighted by Gasteiger charge is -2.08. The SMILES string of the molecule is CC(C)Cn1cccc1-c1noc(CN)n1.